The molecule has 0 heterocycles. The molecule has 1 amide bonds. The Bertz CT molecular complexity index is 495. The van der Waals surface area contributed by atoms with Crippen molar-refractivity contribution in [3.05, 3.63) is 27.7 Å². The van der Waals surface area contributed by atoms with Crippen molar-refractivity contribution in [1.82, 2.24) is 5.32 Å². The van der Waals surface area contributed by atoms with Crippen LogP contribution in [0, 0.1) is 0 Å². The van der Waals surface area contributed by atoms with Gasteiger partial charge in [-0.15, -0.1) is 0 Å². The van der Waals surface area contributed by atoms with Crippen LogP contribution in [0.5, 0.6) is 5.75 Å². The van der Waals surface area contributed by atoms with Gasteiger partial charge in [-0.05, 0) is 32.9 Å². The van der Waals surface area contributed by atoms with Gasteiger partial charge in [-0.1, -0.05) is 23.2 Å². The van der Waals surface area contributed by atoms with Crippen molar-refractivity contribution < 1.29 is 14.3 Å². The second-order valence-corrected chi connectivity index (χ2v) is 5.85. The normalized spacial score (nSPS) is 11.0. The van der Waals surface area contributed by atoms with Crippen LogP contribution in [0.25, 0.3) is 0 Å². The summed E-state index contributed by atoms with van der Waals surface area (Å²) in [5.41, 5.74) is -0.140. The third-order valence-corrected chi connectivity index (χ3v) is 2.53. The van der Waals surface area contributed by atoms with E-state index in [-0.39, 0.29) is 34.4 Å². The van der Waals surface area contributed by atoms with Crippen LogP contribution in [0.2, 0.25) is 10.0 Å². The fourth-order valence-corrected chi connectivity index (χ4v) is 1.98. The average Bonchev–Trinajstić information content (AvgIpc) is 2.24. The van der Waals surface area contributed by atoms with E-state index in [1.54, 1.807) is 0 Å². The van der Waals surface area contributed by atoms with Crippen LogP contribution >= 0.6 is 23.2 Å². The molecule has 0 aromatic heterocycles. The molecule has 0 fully saturated rings. The molecule has 19 heavy (non-hydrogen) atoms. The highest BCUT2D eigenvalue weighted by Gasteiger charge is 2.16. The number of ether oxygens (including phenoxy) is 1. The minimum atomic E-state index is -0.349. The topological polar surface area (TPSA) is 55.4 Å². The molecule has 0 atom stereocenters. The van der Waals surface area contributed by atoms with E-state index in [1.807, 2.05) is 20.8 Å². The largest absolute Gasteiger partial charge is 0.481 e. The Balaban J connectivity index is 2.78. The van der Waals surface area contributed by atoms with Crippen molar-refractivity contribution in [2.75, 3.05) is 6.61 Å². The maximum Gasteiger partial charge on any atom is 0.258 e. The van der Waals surface area contributed by atoms with Crippen molar-refractivity contribution in [3.63, 3.8) is 0 Å². The van der Waals surface area contributed by atoms with Crippen molar-refractivity contribution in [3.8, 4) is 5.75 Å². The summed E-state index contributed by atoms with van der Waals surface area (Å²) >= 11 is 11.7. The van der Waals surface area contributed by atoms with Crippen LogP contribution in [-0.4, -0.2) is 24.3 Å². The van der Waals surface area contributed by atoms with Gasteiger partial charge in [0.1, 0.15) is 5.75 Å². The fourth-order valence-electron chi connectivity index (χ4n) is 1.41. The predicted octanol–water partition coefficient (Wildman–Crippen LogP) is 3.10. The summed E-state index contributed by atoms with van der Waals surface area (Å²) in [6, 6.07) is 2.88. The molecule has 104 valence electrons. The van der Waals surface area contributed by atoms with Gasteiger partial charge < -0.3 is 10.1 Å². The van der Waals surface area contributed by atoms with E-state index in [9.17, 15) is 9.59 Å². The third kappa shape index (κ3) is 5.09. The summed E-state index contributed by atoms with van der Waals surface area (Å²) in [5.74, 6) is -0.138. The zero-order chi connectivity index (χ0) is 14.6. The van der Waals surface area contributed by atoms with E-state index in [0.29, 0.717) is 11.3 Å². The van der Waals surface area contributed by atoms with Gasteiger partial charge in [-0.25, -0.2) is 0 Å². The number of amides is 1. The van der Waals surface area contributed by atoms with Gasteiger partial charge in [0.05, 0.1) is 10.6 Å². The van der Waals surface area contributed by atoms with Gasteiger partial charge >= 0.3 is 0 Å². The standard InChI is InChI=1S/C13H15Cl2NO3/c1-13(2,3)16-11(18)7-19-12-8(6-17)4-9(14)5-10(12)15/h4-6H,7H2,1-3H3,(H,16,18). The van der Waals surface area contributed by atoms with E-state index >= 15 is 0 Å². The molecule has 1 aromatic carbocycles. The minimum Gasteiger partial charge on any atom is -0.481 e. The minimum absolute atomic E-state index is 0.158. The van der Waals surface area contributed by atoms with Crippen molar-refractivity contribution >= 4 is 35.4 Å². The third-order valence-electron chi connectivity index (χ3n) is 2.03. The summed E-state index contributed by atoms with van der Waals surface area (Å²) in [6.45, 7) is 5.35. The molecule has 0 saturated carbocycles. The first-order valence-electron chi connectivity index (χ1n) is 5.61. The molecular weight excluding hydrogens is 289 g/mol. The molecule has 1 aromatic rings. The Hall–Kier alpha value is -1.26. The van der Waals surface area contributed by atoms with Crippen LogP contribution in [0.4, 0.5) is 0 Å². The van der Waals surface area contributed by atoms with Crippen LogP contribution in [0.3, 0.4) is 0 Å². The summed E-state index contributed by atoms with van der Waals surface area (Å²) in [4.78, 5) is 22.5. The second kappa shape index (κ2) is 6.26. The van der Waals surface area contributed by atoms with E-state index < -0.39 is 0 Å². The van der Waals surface area contributed by atoms with Gasteiger partial charge in [-0.3, -0.25) is 9.59 Å². The first-order chi connectivity index (χ1) is 8.73. The molecule has 0 aliphatic carbocycles. The molecule has 0 unspecified atom stereocenters. The van der Waals surface area contributed by atoms with Crippen LogP contribution in [-0.2, 0) is 4.79 Å². The molecule has 4 nitrogen and oxygen atoms in total. The summed E-state index contributed by atoms with van der Waals surface area (Å²) in [5, 5.41) is 3.26. The Labute approximate surface area is 122 Å². The second-order valence-electron chi connectivity index (χ2n) is 5.01. The number of carbonyl (C=O) groups is 2. The maximum atomic E-state index is 11.6. The monoisotopic (exact) mass is 303 g/mol. The van der Waals surface area contributed by atoms with Crippen LogP contribution in [0.15, 0.2) is 12.1 Å². The molecule has 0 aliphatic rings. The smallest absolute Gasteiger partial charge is 0.258 e. The highest BCUT2D eigenvalue weighted by atomic mass is 35.5. The van der Waals surface area contributed by atoms with Crippen molar-refractivity contribution in [2.24, 2.45) is 0 Å². The summed E-state index contributed by atoms with van der Waals surface area (Å²) in [6.07, 6.45) is 0.578. The van der Waals surface area contributed by atoms with Crippen LogP contribution < -0.4 is 10.1 Å². The van der Waals surface area contributed by atoms with Crippen molar-refractivity contribution in [1.29, 1.82) is 0 Å². The van der Waals surface area contributed by atoms with Gasteiger partial charge in [0.2, 0.25) is 0 Å². The molecule has 0 saturated heterocycles. The van der Waals surface area contributed by atoms with Crippen LogP contribution in [0.1, 0.15) is 31.1 Å². The van der Waals surface area contributed by atoms with E-state index in [1.165, 1.54) is 12.1 Å². The van der Waals surface area contributed by atoms with E-state index in [0.717, 1.165) is 0 Å². The highest BCUT2D eigenvalue weighted by Crippen LogP contribution is 2.31. The molecule has 0 spiro atoms. The lowest BCUT2D eigenvalue weighted by molar-refractivity contribution is -0.124. The number of benzene rings is 1. The van der Waals surface area contributed by atoms with E-state index in [2.05, 4.69) is 5.32 Å². The lowest BCUT2D eigenvalue weighted by Gasteiger charge is -2.20. The molecular formula is C13H15Cl2NO3. The molecule has 1 rings (SSSR count). The number of nitrogens with one attached hydrogen (secondary N) is 1. The number of hydrogen-bond acceptors (Lipinski definition) is 3. The predicted molar refractivity (Wildman–Crippen MR) is 75.2 cm³/mol. The average molecular weight is 304 g/mol. The van der Waals surface area contributed by atoms with Gasteiger partial charge in [0.25, 0.3) is 5.91 Å². The Kier molecular flexibility index (Phi) is 5.20. The summed E-state index contributed by atoms with van der Waals surface area (Å²) in [7, 11) is 0. The van der Waals surface area contributed by atoms with E-state index in [4.69, 9.17) is 27.9 Å². The molecule has 6 heteroatoms. The first-order valence-corrected chi connectivity index (χ1v) is 6.36. The number of aldehydes is 1. The molecule has 0 bridgehead atoms. The zero-order valence-corrected chi connectivity index (χ0v) is 12.4. The molecule has 1 N–H and O–H groups in total. The lowest BCUT2D eigenvalue weighted by Crippen LogP contribution is -2.43. The number of hydrogen-bond donors (Lipinski definition) is 1. The van der Waals surface area contributed by atoms with Gasteiger partial charge in [-0.2, -0.15) is 0 Å². The lowest BCUT2D eigenvalue weighted by atomic mass is 10.1. The fraction of sp³-hybridized carbons (Fsp3) is 0.385. The Morgan fingerprint density at radius 3 is 2.53 bits per heavy atom. The summed E-state index contributed by atoms with van der Waals surface area (Å²) < 4.78 is 5.29. The van der Waals surface area contributed by atoms with Gasteiger partial charge in [0.15, 0.2) is 12.9 Å². The first kappa shape index (κ1) is 15.8. The molecule has 0 aliphatic heterocycles. The number of halogens is 2. The van der Waals surface area contributed by atoms with Crippen molar-refractivity contribution in [2.45, 2.75) is 26.3 Å². The van der Waals surface area contributed by atoms with Gasteiger partial charge in [0, 0.05) is 10.6 Å². The molecule has 0 radical (unpaired) electrons. The SMILES string of the molecule is CC(C)(C)NC(=O)COc1c(Cl)cc(Cl)cc1C=O. The number of rotatable bonds is 4. The highest BCUT2D eigenvalue weighted by molar-refractivity contribution is 6.36. The maximum absolute atomic E-state index is 11.6. The quantitative estimate of drug-likeness (QED) is 0.870. The Morgan fingerprint density at radius 2 is 2.00 bits per heavy atom. The Morgan fingerprint density at radius 1 is 1.37 bits per heavy atom. The zero-order valence-electron chi connectivity index (χ0n) is 10.9. The number of carbonyl (C=O) groups excluding carboxylic acids is 2.